The maximum absolute atomic E-state index is 12.8. The van der Waals surface area contributed by atoms with Gasteiger partial charge in [0, 0.05) is 31.2 Å². The predicted octanol–water partition coefficient (Wildman–Crippen LogP) is 4.60. The Bertz CT molecular complexity index is 850. The van der Waals surface area contributed by atoms with Gasteiger partial charge in [0.1, 0.15) is 5.60 Å². The van der Waals surface area contributed by atoms with Gasteiger partial charge in [-0.05, 0) is 76.5 Å². The van der Waals surface area contributed by atoms with Crippen molar-refractivity contribution in [2.75, 3.05) is 26.2 Å². The first kappa shape index (κ1) is 27.7. The average molecular weight is 474 g/mol. The van der Waals surface area contributed by atoms with Crippen molar-refractivity contribution in [1.82, 2.24) is 15.1 Å². The molecule has 0 saturated carbocycles. The van der Waals surface area contributed by atoms with Crippen LogP contribution in [0, 0.1) is 5.92 Å². The summed E-state index contributed by atoms with van der Waals surface area (Å²) in [5.41, 5.74) is 1.16. The van der Waals surface area contributed by atoms with Gasteiger partial charge in [0.25, 0.3) is 5.91 Å². The van der Waals surface area contributed by atoms with Crippen LogP contribution in [-0.2, 0) is 14.9 Å². The summed E-state index contributed by atoms with van der Waals surface area (Å²) in [6, 6.07) is 7.52. The molecule has 0 aromatic heterocycles. The lowest BCUT2D eigenvalue weighted by Gasteiger charge is -2.37. The molecule has 2 rings (SSSR count). The Hall–Kier alpha value is -2.57. The zero-order chi connectivity index (χ0) is 25.7. The van der Waals surface area contributed by atoms with Crippen molar-refractivity contribution in [2.24, 2.45) is 5.92 Å². The standard InChI is InChI=1S/C27H43N3O4/c1-19(2)30(25(33)34-27(6,7)8)18-20-10-9-15-29(17-20)23(31)16-28-24(32)21-11-13-22(14-12-21)26(3,4)5/h11-14,19-20H,9-10,15-18H2,1-8H3,(H,28,32). The molecule has 0 radical (unpaired) electrons. The quantitative estimate of drug-likeness (QED) is 0.655. The first-order chi connectivity index (χ1) is 15.7. The molecular formula is C27H43N3O4. The molecule has 0 bridgehead atoms. The third kappa shape index (κ3) is 8.33. The third-order valence-electron chi connectivity index (χ3n) is 5.99. The zero-order valence-corrected chi connectivity index (χ0v) is 22.2. The molecule has 7 heteroatoms. The van der Waals surface area contributed by atoms with E-state index in [2.05, 4.69) is 26.1 Å². The number of benzene rings is 1. The molecule has 1 N–H and O–H groups in total. The molecule has 3 amide bonds. The van der Waals surface area contributed by atoms with Crippen LogP contribution in [0.25, 0.3) is 0 Å². The van der Waals surface area contributed by atoms with Crippen LogP contribution in [0.1, 0.15) is 84.2 Å². The molecule has 1 aliphatic heterocycles. The van der Waals surface area contributed by atoms with Crippen LogP contribution in [0.2, 0.25) is 0 Å². The number of hydrogen-bond donors (Lipinski definition) is 1. The SMILES string of the molecule is CC(C)N(CC1CCCN(C(=O)CNC(=O)c2ccc(C(C)(C)C)cc2)C1)C(=O)OC(C)(C)C. The number of amides is 3. The molecule has 1 aromatic carbocycles. The average Bonchev–Trinajstić information content (AvgIpc) is 2.73. The number of hydrogen-bond acceptors (Lipinski definition) is 4. The lowest BCUT2D eigenvalue weighted by molar-refractivity contribution is -0.132. The second-order valence-corrected chi connectivity index (χ2v) is 11.6. The van der Waals surface area contributed by atoms with Crippen molar-refractivity contribution >= 4 is 17.9 Å². The number of piperidine rings is 1. The molecular weight excluding hydrogens is 430 g/mol. The predicted molar refractivity (Wildman–Crippen MR) is 135 cm³/mol. The smallest absolute Gasteiger partial charge is 0.410 e. The van der Waals surface area contributed by atoms with E-state index in [0.717, 1.165) is 18.4 Å². The number of rotatable bonds is 6. The van der Waals surface area contributed by atoms with Gasteiger partial charge >= 0.3 is 6.09 Å². The lowest BCUT2D eigenvalue weighted by Crippen LogP contribution is -2.49. The molecule has 1 atom stereocenters. The van der Waals surface area contributed by atoms with Gasteiger partial charge in [0.15, 0.2) is 0 Å². The zero-order valence-electron chi connectivity index (χ0n) is 22.2. The molecule has 0 spiro atoms. The number of carbonyl (C=O) groups excluding carboxylic acids is 3. The van der Waals surface area contributed by atoms with Crippen LogP contribution in [0.5, 0.6) is 0 Å². The van der Waals surface area contributed by atoms with Crippen LogP contribution in [0.3, 0.4) is 0 Å². The molecule has 1 unspecified atom stereocenters. The second-order valence-electron chi connectivity index (χ2n) is 11.6. The summed E-state index contributed by atoms with van der Waals surface area (Å²) in [7, 11) is 0. The molecule has 7 nitrogen and oxygen atoms in total. The Morgan fingerprint density at radius 3 is 2.24 bits per heavy atom. The van der Waals surface area contributed by atoms with E-state index >= 15 is 0 Å². The number of nitrogens with one attached hydrogen (secondary N) is 1. The van der Waals surface area contributed by atoms with E-state index in [-0.39, 0.29) is 41.8 Å². The fraction of sp³-hybridized carbons (Fsp3) is 0.667. The van der Waals surface area contributed by atoms with Gasteiger partial charge in [-0.15, -0.1) is 0 Å². The lowest BCUT2D eigenvalue weighted by atomic mass is 9.87. The van der Waals surface area contributed by atoms with E-state index in [1.54, 1.807) is 21.9 Å². The van der Waals surface area contributed by atoms with E-state index in [0.29, 0.717) is 25.2 Å². The molecule has 34 heavy (non-hydrogen) atoms. The summed E-state index contributed by atoms with van der Waals surface area (Å²) in [4.78, 5) is 41.5. The first-order valence-electron chi connectivity index (χ1n) is 12.3. The van der Waals surface area contributed by atoms with Gasteiger partial charge in [0.05, 0.1) is 6.54 Å². The molecule has 1 aromatic rings. The Balaban J connectivity index is 1.91. The largest absolute Gasteiger partial charge is 0.444 e. The maximum Gasteiger partial charge on any atom is 0.410 e. The van der Waals surface area contributed by atoms with Gasteiger partial charge in [-0.25, -0.2) is 4.79 Å². The monoisotopic (exact) mass is 473 g/mol. The van der Waals surface area contributed by atoms with E-state index in [4.69, 9.17) is 4.74 Å². The van der Waals surface area contributed by atoms with E-state index in [1.807, 2.05) is 46.8 Å². The van der Waals surface area contributed by atoms with Crippen molar-refractivity contribution in [3.8, 4) is 0 Å². The number of ether oxygens (including phenoxy) is 1. The van der Waals surface area contributed by atoms with Crippen molar-refractivity contribution in [3.05, 3.63) is 35.4 Å². The first-order valence-corrected chi connectivity index (χ1v) is 12.3. The molecule has 1 aliphatic rings. The molecule has 0 aliphatic carbocycles. The summed E-state index contributed by atoms with van der Waals surface area (Å²) in [6.07, 6.45) is 1.50. The highest BCUT2D eigenvalue weighted by molar-refractivity contribution is 5.96. The Kier molecular flexibility index (Phi) is 9.15. The summed E-state index contributed by atoms with van der Waals surface area (Å²) in [5.74, 6) is -0.177. The fourth-order valence-electron chi connectivity index (χ4n) is 4.03. The number of likely N-dealkylation sites (tertiary alicyclic amines) is 1. The summed E-state index contributed by atoms with van der Waals surface area (Å²) in [6.45, 7) is 17.6. The summed E-state index contributed by atoms with van der Waals surface area (Å²) >= 11 is 0. The Labute approximate surface area is 205 Å². The third-order valence-corrected chi connectivity index (χ3v) is 5.99. The van der Waals surface area contributed by atoms with E-state index in [1.165, 1.54) is 0 Å². The topological polar surface area (TPSA) is 79.0 Å². The normalized spacial score (nSPS) is 16.9. The number of carbonyl (C=O) groups is 3. The summed E-state index contributed by atoms with van der Waals surface area (Å²) < 4.78 is 5.57. The van der Waals surface area contributed by atoms with E-state index < -0.39 is 5.60 Å². The minimum absolute atomic E-state index is 0.00453. The Morgan fingerprint density at radius 1 is 1.09 bits per heavy atom. The van der Waals surface area contributed by atoms with Gasteiger partial charge in [-0.2, -0.15) is 0 Å². The van der Waals surface area contributed by atoms with Crippen molar-refractivity contribution in [2.45, 2.75) is 85.3 Å². The second kappa shape index (κ2) is 11.2. The highest BCUT2D eigenvalue weighted by Crippen LogP contribution is 2.23. The van der Waals surface area contributed by atoms with Crippen LogP contribution < -0.4 is 5.32 Å². The van der Waals surface area contributed by atoms with Crippen LogP contribution in [0.15, 0.2) is 24.3 Å². The molecule has 1 saturated heterocycles. The van der Waals surface area contributed by atoms with Crippen molar-refractivity contribution < 1.29 is 19.1 Å². The highest BCUT2D eigenvalue weighted by Gasteiger charge is 2.30. The van der Waals surface area contributed by atoms with Crippen LogP contribution in [0.4, 0.5) is 4.79 Å². The van der Waals surface area contributed by atoms with E-state index in [9.17, 15) is 14.4 Å². The van der Waals surface area contributed by atoms with Gasteiger partial charge < -0.3 is 19.9 Å². The van der Waals surface area contributed by atoms with Crippen LogP contribution >= 0.6 is 0 Å². The minimum atomic E-state index is -0.552. The van der Waals surface area contributed by atoms with Gasteiger partial charge in [-0.1, -0.05) is 32.9 Å². The molecule has 1 fully saturated rings. The van der Waals surface area contributed by atoms with Crippen LogP contribution in [-0.4, -0.2) is 65.5 Å². The van der Waals surface area contributed by atoms with Gasteiger partial charge in [0.2, 0.25) is 5.91 Å². The maximum atomic E-state index is 12.8. The Morgan fingerprint density at radius 2 is 1.71 bits per heavy atom. The summed E-state index contributed by atoms with van der Waals surface area (Å²) in [5, 5.41) is 2.76. The number of nitrogens with zero attached hydrogens (tertiary/aromatic N) is 2. The fourth-order valence-corrected chi connectivity index (χ4v) is 4.03. The van der Waals surface area contributed by atoms with Crippen molar-refractivity contribution in [1.29, 1.82) is 0 Å². The van der Waals surface area contributed by atoms with Crippen molar-refractivity contribution in [3.63, 3.8) is 0 Å². The highest BCUT2D eigenvalue weighted by atomic mass is 16.6. The minimum Gasteiger partial charge on any atom is -0.444 e. The van der Waals surface area contributed by atoms with Gasteiger partial charge in [-0.3, -0.25) is 9.59 Å². The molecule has 190 valence electrons. The molecule has 1 heterocycles.